The standard InChI is InChI=1S/C19H27N7O2/c1-4-28-15-10-6-5-9-14(15)21-19(27)20-13-16-22-17(25(2)3)24-18(23-16)26-11-7-8-12-26/h5-6,9-10H,4,7-8,11-13H2,1-3H3,(H2,20,21,27). The number of amides is 2. The van der Waals surface area contributed by atoms with Gasteiger partial charge in [0.15, 0.2) is 5.82 Å². The summed E-state index contributed by atoms with van der Waals surface area (Å²) in [4.78, 5) is 29.8. The molecule has 0 unspecified atom stereocenters. The molecule has 0 radical (unpaired) electrons. The molecular formula is C19H27N7O2. The second kappa shape index (κ2) is 9.20. The lowest BCUT2D eigenvalue weighted by atomic mass is 10.3. The van der Waals surface area contributed by atoms with Crippen LogP contribution in [-0.4, -0.2) is 54.8 Å². The Bertz CT molecular complexity index is 807. The van der Waals surface area contributed by atoms with Crippen molar-refractivity contribution in [2.24, 2.45) is 0 Å². The Morgan fingerprint density at radius 2 is 1.93 bits per heavy atom. The van der Waals surface area contributed by atoms with Gasteiger partial charge in [0.2, 0.25) is 11.9 Å². The van der Waals surface area contributed by atoms with Crippen LogP contribution in [0.25, 0.3) is 0 Å². The Balaban J connectivity index is 1.67. The predicted molar refractivity (Wildman–Crippen MR) is 109 cm³/mol. The maximum absolute atomic E-state index is 12.3. The molecule has 1 aliphatic rings. The summed E-state index contributed by atoms with van der Waals surface area (Å²) in [7, 11) is 3.77. The van der Waals surface area contributed by atoms with Crippen molar-refractivity contribution >= 4 is 23.6 Å². The number of rotatable bonds is 7. The zero-order valence-electron chi connectivity index (χ0n) is 16.6. The van der Waals surface area contributed by atoms with E-state index in [0.717, 1.165) is 25.9 Å². The molecule has 9 heteroatoms. The number of nitrogens with zero attached hydrogens (tertiary/aromatic N) is 5. The number of para-hydroxylation sites is 2. The smallest absolute Gasteiger partial charge is 0.319 e. The highest BCUT2D eigenvalue weighted by Gasteiger charge is 2.18. The molecule has 9 nitrogen and oxygen atoms in total. The Hall–Kier alpha value is -3.10. The third-order valence-electron chi connectivity index (χ3n) is 4.29. The number of benzene rings is 1. The average Bonchev–Trinajstić information content (AvgIpc) is 3.23. The quantitative estimate of drug-likeness (QED) is 0.755. The van der Waals surface area contributed by atoms with Crippen molar-refractivity contribution < 1.29 is 9.53 Å². The molecule has 28 heavy (non-hydrogen) atoms. The van der Waals surface area contributed by atoms with Gasteiger partial charge in [-0.1, -0.05) is 12.1 Å². The summed E-state index contributed by atoms with van der Waals surface area (Å²) >= 11 is 0. The summed E-state index contributed by atoms with van der Waals surface area (Å²) in [5.74, 6) is 2.39. The predicted octanol–water partition coefficient (Wildman–Crippen LogP) is 2.26. The van der Waals surface area contributed by atoms with Gasteiger partial charge in [0.25, 0.3) is 0 Å². The molecule has 0 bridgehead atoms. The minimum atomic E-state index is -0.346. The van der Waals surface area contributed by atoms with Crippen LogP contribution in [0.2, 0.25) is 0 Å². The number of urea groups is 1. The van der Waals surface area contributed by atoms with Crippen LogP contribution in [0.4, 0.5) is 22.4 Å². The first-order valence-corrected chi connectivity index (χ1v) is 9.50. The van der Waals surface area contributed by atoms with E-state index in [4.69, 9.17) is 4.74 Å². The van der Waals surface area contributed by atoms with Crippen LogP contribution in [0.1, 0.15) is 25.6 Å². The minimum absolute atomic E-state index is 0.201. The van der Waals surface area contributed by atoms with Crippen LogP contribution in [0.5, 0.6) is 5.75 Å². The molecular weight excluding hydrogens is 358 g/mol. The highest BCUT2D eigenvalue weighted by Crippen LogP contribution is 2.23. The maximum atomic E-state index is 12.3. The molecule has 150 valence electrons. The molecule has 2 amide bonds. The minimum Gasteiger partial charge on any atom is -0.492 e. The summed E-state index contributed by atoms with van der Waals surface area (Å²) in [6, 6.07) is 6.97. The van der Waals surface area contributed by atoms with Gasteiger partial charge in [-0.15, -0.1) is 0 Å². The van der Waals surface area contributed by atoms with Crippen molar-refractivity contribution in [1.82, 2.24) is 20.3 Å². The van der Waals surface area contributed by atoms with Crippen LogP contribution in [0.3, 0.4) is 0 Å². The number of nitrogens with one attached hydrogen (secondary N) is 2. The number of anilines is 3. The molecule has 1 aromatic carbocycles. The highest BCUT2D eigenvalue weighted by atomic mass is 16.5. The molecule has 0 aliphatic carbocycles. The molecule has 1 fully saturated rings. The van der Waals surface area contributed by atoms with Crippen molar-refractivity contribution in [3.8, 4) is 5.75 Å². The fourth-order valence-electron chi connectivity index (χ4n) is 2.91. The van der Waals surface area contributed by atoms with Crippen LogP contribution >= 0.6 is 0 Å². The van der Waals surface area contributed by atoms with E-state index >= 15 is 0 Å². The normalized spacial score (nSPS) is 13.3. The van der Waals surface area contributed by atoms with Gasteiger partial charge in [-0.2, -0.15) is 15.0 Å². The lowest BCUT2D eigenvalue weighted by Crippen LogP contribution is -2.30. The van der Waals surface area contributed by atoms with E-state index in [0.29, 0.717) is 35.8 Å². The topological polar surface area (TPSA) is 95.5 Å². The SMILES string of the molecule is CCOc1ccccc1NC(=O)NCc1nc(N(C)C)nc(N2CCCC2)n1. The molecule has 3 rings (SSSR count). The first-order chi connectivity index (χ1) is 13.6. The first kappa shape index (κ1) is 19.7. The zero-order chi connectivity index (χ0) is 19.9. The molecule has 2 aromatic rings. The molecule has 2 heterocycles. The Labute approximate surface area is 165 Å². The third-order valence-corrected chi connectivity index (χ3v) is 4.29. The van der Waals surface area contributed by atoms with Gasteiger partial charge in [-0.05, 0) is 31.9 Å². The van der Waals surface area contributed by atoms with E-state index in [2.05, 4.69) is 30.5 Å². The fourth-order valence-corrected chi connectivity index (χ4v) is 2.91. The number of aromatic nitrogens is 3. The van der Waals surface area contributed by atoms with Gasteiger partial charge in [-0.3, -0.25) is 0 Å². The van der Waals surface area contributed by atoms with Gasteiger partial charge in [0.1, 0.15) is 5.75 Å². The summed E-state index contributed by atoms with van der Waals surface area (Å²) in [6.45, 7) is 4.51. The molecule has 0 spiro atoms. The molecule has 2 N–H and O–H groups in total. The number of hydrogen-bond acceptors (Lipinski definition) is 7. The maximum Gasteiger partial charge on any atom is 0.319 e. The number of hydrogen-bond donors (Lipinski definition) is 2. The third kappa shape index (κ3) is 4.99. The van der Waals surface area contributed by atoms with E-state index in [-0.39, 0.29) is 12.6 Å². The van der Waals surface area contributed by atoms with Crippen LogP contribution in [0.15, 0.2) is 24.3 Å². The Morgan fingerprint density at radius 3 is 2.64 bits per heavy atom. The van der Waals surface area contributed by atoms with Gasteiger partial charge < -0.3 is 25.2 Å². The van der Waals surface area contributed by atoms with Crippen molar-refractivity contribution in [3.63, 3.8) is 0 Å². The van der Waals surface area contributed by atoms with Crippen LogP contribution in [-0.2, 0) is 6.54 Å². The van der Waals surface area contributed by atoms with E-state index in [1.54, 1.807) is 6.07 Å². The van der Waals surface area contributed by atoms with E-state index in [1.807, 2.05) is 44.1 Å². The van der Waals surface area contributed by atoms with Crippen molar-refractivity contribution in [2.45, 2.75) is 26.3 Å². The van der Waals surface area contributed by atoms with Crippen LogP contribution in [0, 0.1) is 0 Å². The molecule has 0 saturated carbocycles. The lowest BCUT2D eigenvalue weighted by molar-refractivity contribution is 0.251. The number of carbonyl (C=O) groups excluding carboxylic acids is 1. The van der Waals surface area contributed by atoms with E-state index in [1.165, 1.54) is 0 Å². The molecule has 0 atom stereocenters. The van der Waals surface area contributed by atoms with Gasteiger partial charge in [-0.25, -0.2) is 4.79 Å². The van der Waals surface area contributed by atoms with Gasteiger partial charge >= 0.3 is 6.03 Å². The Kier molecular flexibility index (Phi) is 6.46. The first-order valence-electron chi connectivity index (χ1n) is 9.50. The fraction of sp³-hybridized carbons (Fsp3) is 0.474. The van der Waals surface area contributed by atoms with Gasteiger partial charge in [0, 0.05) is 27.2 Å². The monoisotopic (exact) mass is 385 g/mol. The second-order valence-corrected chi connectivity index (χ2v) is 6.68. The zero-order valence-corrected chi connectivity index (χ0v) is 16.6. The summed E-state index contributed by atoms with van der Waals surface area (Å²) in [5, 5.41) is 5.61. The number of ether oxygens (including phenoxy) is 1. The van der Waals surface area contributed by atoms with Gasteiger partial charge in [0.05, 0.1) is 18.8 Å². The second-order valence-electron chi connectivity index (χ2n) is 6.68. The average molecular weight is 385 g/mol. The van der Waals surface area contributed by atoms with Crippen molar-refractivity contribution in [1.29, 1.82) is 0 Å². The van der Waals surface area contributed by atoms with E-state index in [9.17, 15) is 4.79 Å². The van der Waals surface area contributed by atoms with Crippen molar-refractivity contribution in [2.75, 3.05) is 48.9 Å². The summed E-state index contributed by atoms with van der Waals surface area (Å²) in [5.41, 5.74) is 0.615. The molecule has 1 aromatic heterocycles. The Morgan fingerprint density at radius 1 is 1.18 bits per heavy atom. The number of carbonyl (C=O) groups is 1. The van der Waals surface area contributed by atoms with Crippen molar-refractivity contribution in [3.05, 3.63) is 30.1 Å². The van der Waals surface area contributed by atoms with E-state index < -0.39 is 0 Å². The summed E-state index contributed by atoms with van der Waals surface area (Å²) in [6.07, 6.45) is 2.27. The highest BCUT2D eigenvalue weighted by molar-refractivity contribution is 5.90. The summed E-state index contributed by atoms with van der Waals surface area (Å²) < 4.78 is 5.53. The van der Waals surface area contributed by atoms with Crippen LogP contribution < -0.4 is 25.2 Å². The largest absolute Gasteiger partial charge is 0.492 e. The molecule has 1 saturated heterocycles. The molecule has 1 aliphatic heterocycles. The lowest BCUT2D eigenvalue weighted by Gasteiger charge is -2.19.